The number of hydrogen-bond acceptors (Lipinski definition) is 6. The second kappa shape index (κ2) is 9.48. The van der Waals surface area contributed by atoms with Crippen molar-refractivity contribution in [3.63, 3.8) is 0 Å². The maximum Gasteiger partial charge on any atom is 0.219 e. The molecule has 5 rings (SSSR count). The van der Waals surface area contributed by atoms with E-state index in [0.717, 1.165) is 16.7 Å². The summed E-state index contributed by atoms with van der Waals surface area (Å²) in [4.78, 5) is 9.75. The number of phenols is 2. The molecule has 0 spiro atoms. The number of aliphatic hydroxyl groups excluding tert-OH is 1. The average molecular weight is 468 g/mol. The second-order valence-corrected chi connectivity index (χ2v) is 8.42. The third-order valence-electron chi connectivity index (χ3n) is 5.98. The Labute approximate surface area is 202 Å². The highest BCUT2D eigenvalue weighted by molar-refractivity contribution is 5.67. The van der Waals surface area contributed by atoms with Crippen LogP contribution < -0.4 is 0 Å². The molecule has 0 aliphatic heterocycles. The van der Waals surface area contributed by atoms with Gasteiger partial charge in [-0.25, -0.2) is 9.97 Å². The van der Waals surface area contributed by atoms with Crippen LogP contribution in [0.5, 0.6) is 17.4 Å². The van der Waals surface area contributed by atoms with Crippen LogP contribution in [0.1, 0.15) is 28.2 Å². The molecule has 176 valence electrons. The maximum atomic E-state index is 11.3. The van der Waals surface area contributed by atoms with Crippen LogP contribution in [-0.4, -0.2) is 41.4 Å². The van der Waals surface area contributed by atoms with Gasteiger partial charge in [0.15, 0.2) is 5.65 Å². The minimum Gasteiger partial charge on any atom is -0.508 e. The van der Waals surface area contributed by atoms with Crippen LogP contribution in [-0.2, 0) is 19.3 Å². The monoisotopic (exact) mass is 467 g/mol. The van der Waals surface area contributed by atoms with Gasteiger partial charge in [-0.1, -0.05) is 42.5 Å². The van der Waals surface area contributed by atoms with E-state index in [1.165, 1.54) is 0 Å². The second-order valence-electron chi connectivity index (χ2n) is 8.42. The molecule has 0 saturated carbocycles. The summed E-state index contributed by atoms with van der Waals surface area (Å²) in [5, 5.41) is 40.5. The van der Waals surface area contributed by atoms with Gasteiger partial charge in [0.25, 0.3) is 0 Å². The van der Waals surface area contributed by atoms with Crippen LogP contribution in [0.3, 0.4) is 0 Å². The Morgan fingerprint density at radius 1 is 0.657 bits per heavy atom. The Kier molecular flexibility index (Phi) is 6.08. The number of hydrogen-bond donors (Lipinski definition) is 4. The van der Waals surface area contributed by atoms with E-state index in [4.69, 9.17) is 9.97 Å². The highest BCUT2D eigenvalue weighted by Crippen LogP contribution is 2.32. The fraction of sp³-hybridized carbons (Fsp3) is 0.143. The van der Waals surface area contributed by atoms with E-state index in [1.54, 1.807) is 52.9 Å². The molecule has 2 heterocycles. The molecule has 0 unspecified atom stereocenters. The SMILES string of the molecule is OCCc1c(-c2ccc(O)cc2)nc(Cc2ccccc2)c2nc(Cc3ccc(O)cc3)c(O)n12. The van der Waals surface area contributed by atoms with Crippen molar-refractivity contribution in [2.45, 2.75) is 19.3 Å². The van der Waals surface area contributed by atoms with Crippen molar-refractivity contribution in [2.24, 2.45) is 0 Å². The van der Waals surface area contributed by atoms with Crippen molar-refractivity contribution in [1.82, 2.24) is 14.4 Å². The Balaban J connectivity index is 1.73. The van der Waals surface area contributed by atoms with Gasteiger partial charge in [-0.2, -0.15) is 0 Å². The van der Waals surface area contributed by atoms with Crippen LogP contribution in [0.2, 0.25) is 0 Å². The average Bonchev–Trinajstić information content (AvgIpc) is 3.19. The van der Waals surface area contributed by atoms with Gasteiger partial charge in [-0.3, -0.25) is 4.40 Å². The molecule has 5 aromatic rings. The first-order valence-corrected chi connectivity index (χ1v) is 11.4. The molecule has 3 aromatic carbocycles. The zero-order chi connectivity index (χ0) is 24.4. The Morgan fingerprint density at radius 2 is 1.26 bits per heavy atom. The number of aliphatic hydroxyl groups is 1. The van der Waals surface area contributed by atoms with Gasteiger partial charge in [-0.15, -0.1) is 0 Å². The number of imidazole rings is 1. The standard InChI is InChI=1S/C28H25N3O4/c32-15-14-25-26(20-8-12-22(34)13-9-20)29-23(16-18-4-2-1-3-5-18)27-30-24(28(35)31(25)27)17-19-6-10-21(33)11-7-19/h1-13,32-35H,14-17H2. The lowest BCUT2D eigenvalue weighted by Gasteiger charge is -2.15. The molecule has 0 fully saturated rings. The number of phenolic OH excluding ortho intramolecular Hbond substituents is 2. The predicted octanol–water partition coefficient (Wildman–Crippen LogP) is 4.23. The Hall–Kier alpha value is -4.36. The molecule has 35 heavy (non-hydrogen) atoms. The van der Waals surface area contributed by atoms with Crippen LogP contribution >= 0.6 is 0 Å². The van der Waals surface area contributed by atoms with Gasteiger partial charge >= 0.3 is 0 Å². The van der Waals surface area contributed by atoms with Crippen LogP contribution in [0.25, 0.3) is 16.9 Å². The van der Waals surface area contributed by atoms with Crippen molar-refractivity contribution in [3.8, 4) is 28.6 Å². The van der Waals surface area contributed by atoms with E-state index in [0.29, 0.717) is 41.3 Å². The summed E-state index contributed by atoms with van der Waals surface area (Å²) in [5.41, 5.74) is 5.65. The van der Waals surface area contributed by atoms with Crippen molar-refractivity contribution in [3.05, 3.63) is 107 Å². The van der Waals surface area contributed by atoms with Crippen LogP contribution in [0.15, 0.2) is 78.9 Å². The zero-order valence-electron chi connectivity index (χ0n) is 19.0. The lowest BCUT2D eigenvalue weighted by molar-refractivity contribution is 0.297. The quantitative estimate of drug-likeness (QED) is 0.285. The molecule has 0 radical (unpaired) electrons. The van der Waals surface area contributed by atoms with E-state index in [2.05, 4.69) is 0 Å². The smallest absolute Gasteiger partial charge is 0.219 e. The third-order valence-corrected chi connectivity index (χ3v) is 5.98. The molecule has 0 atom stereocenters. The molecule has 0 bridgehead atoms. The molecule has 0 aliphatic carbocycles. The number of aromatic nitrogens is 3. The van der Waals surface area contributed by atoms with E-state index < -0.39 is 0 Å². The van der Waals surface area contributed by atoms with Crippen molar-refractivity contribution in [1.29, 1.82) is 0 Å². The summed E-state index contributed by atoms with van der Waals surface area (Å²) in [7, 11) is 0. The van der Waals surface area contributed by atoms with Crippen molar-refractivity contribution in [2.75, 3.05) is 6.61 Å². The van der Waals surface area contributed by atoms with E-state index >= 15 is 0 Å². The number of rotatable bonds is 7. The van der Waals surface area contributed by atoms with Gasteiger partial charge in [0, 0.05) is 31.4 Å². The number of aromatic hydroxyl groups is 3. The molecule has 0 saturated heterocycles. The Morgan fingerprint density at radius 3 is 1.91 bits per heavy atom. The van der Waals surface area contributed by atoms with E-state index in [1.807, 2.05) is 30.3 Å². The normalized spacial score (nSPS) is 11.2. The first kappa shape index (κ1) is 22.4. The van der Waals surface area contributed by atoms with Crippen LogP contribution in [0.4, 0.5) is 0 Å². The summed E-state index contributed by atoms with van der Waals surface area (Å²) < 4.78 is 1.68. The Bertz CT molecular complexity index is 1460. The van der Waals surface area contributed by atoms with Gasteiger partial charge in [-0.05, 0) is 47.5 Å². The highest BCUT2D eigenvalue weighted by atomic mass is 16.3. The minimum atomic E-state index is -0.134. The summed E-state index contributed by atoms with van der Waals surface area (Å²) >= 11 is 0. The van der Waals surface area contributed by atoms with Gasteiger partial charge in [0.1, 0.15) is 17.2 Å². The van der Waals surface area contributed by atoms with Gasteiger partial charge in [0.05, 0.1) is 17.1 Å². The lowest BCUT2D eigenvalue weighted by atomic mass is 10.1. The molecular formula is C28H25N3O4. The topological polar surface area (TPSA) is 111 Å². The van der Waals surface area contributed by atoms with Crippen LogP contribution in [0, 0.1) is 0 Å². The molecule has 4 N–H and O–H groups in total. The van der Waals surface area contributed by atoms with Gasteiger partial charge < -0.3 is 20.4 Å². The number of fused-ring (bicyclic) bond motifs is 1. The largest absolute Gasteiger partial charge is 0.508 e. The molecular weight excluding hydrogens is 442 g/mol. The first-order valence-electron chi connectivity index (χ1n) is 11.4. The first-order chi connectivity index (χ1) is 17.0. The number of benzene rings is 3. The fourth-order valence-corrected chi connectivity index (χ4v) is 4.28. The molecule has 0 aliphatic rings. The van der Waals surface area contributed by atoms with Crippen molar-refractivity contribution >= 4 is 5.65 Å². The molecule has 7 nitrogen and oxygen atoms in total. The minimum absolute atomic E-state index is 0.00624. The number of nitrogens with zero attached hydrogens (tertiary/aromatic N) is 3. The summed E-state index contributed by atoms with van der Waals surface area (Å²) in [5.74, 6) is 0.309. The van der Waals surface area contributed by atoms with Gasteiger partial charge in [0.2, 0.25) is 5.88 Å². The molecule has 2 aromatic heterocycles. The summed E-state index contributed by atoms with van der Waals surface area (Å²) in [6.07, 6.45) is 1.13. The van der Waals surface area contributed by atoms with Crippen molar-refractivity contribution < 1.29 is 20.4 Å². The predicted molar refractivity (Wildman–Crippen MR) is 133 cm³/mol. The summed E-state index contributed by atoms with van der Waals surface area (Å²) in [6.45, 7) is -0.134. The van der Waals surface area contributed by atoms with E-state index in [9.17, 15) is 20.4 Å². The molecule has 7 heteroatoms. The molecule has 0 amide bonds. The maximum absolute atomic E-state index is 11.3. The highest BCUT2D eigenvalue weighted by Gasteiger charge is 2.22. The lowest BCUT2D eigenvalue weighted by Crippen LogP contribution is -2.09. The fourth-order valence-electron chi connectivity index (χ4n) is 4.28. The zero-order valence-corrected chi connectivity index (χ0v) is 19.0. The summed E-state index contributed by atoms with van der Waals surface area (Å²) in [6, 6.07) is 23.4. The third kappa shape index (κ3) is 4.54. The van der Waals surface area contributed by atoms with E-state index in [-0.39, 0.29) is 30.4 Å².